The number of anilines is 1. The molecule has 8 heteroatoms. The van der Waals surface area contributed by atoms with Crippen LogP contribution in [0.3, 0.4) is 0 Å². The van der Waals surface area contributed by atoms with Gasteiger partial charge in [-0.25, -0.2) is 4.98 Å². The predicted octanol–water partition coefficient (Wildman–Crippen LogP) is 4.94. The van der Waals surface area contributed by atoms with Gasteiger partial charge in [-0.3, -0.25) is 9.59 Å². The maximum absolute atomic E-state index is 12.7. The second kappa shape index (κ2) is 9.73. The largest absolute Gasteiger partial charge is 0.356 e. The molecule has 2 amide bonds. The highest BCUT2D eigenvalue weighted by molar-refractivity contribution is 8.01. The Morgan fingerprint density at radius 2 is 1.82 bits per heavy atom. The van der Waals surface area contributed by atoms with Crippen molar-refractivity contribution in [3.8, 4) is 11.3 Å². The summed E-state index contributed by atoms with van der Waals surface area (Å²) in [6.07, 6.45) is 0. The van der Waals surface area contributed by atoms with Crippen LogP contribution in [0.5, 0.6) is 0 Å². The average molecular weight is 432 g/mol. The Morgan fingerprint density at radius 1 is 1.11 bits per heavy atom. The van der Waals surface area contributed by atoms with Gasteiger partial charge in [0, 0.05) is 12.1 Å². The summed E-state index contributed by atoms with van der Waals surface area (Å²) in [5.41, 5.74) is 1.95. The first-order valence-corrected chi connectivity index (χ1v) is 10.8. The first-order chi connectivity index (χ1) is 13.6. The summed E-state index contributed by atoms with van der Waals surface area (Å²) < 4.78 is 0.708. The minimum Gasteiger partial charge on any atom is -0.356 e. The Balaban J connectivity index is 1.86. The van der Waals surface area contributed by atoms with Crippen molar-refractivity contribution in [2.75, 3.05) is 17.6 Å². The summed E-state index contributed by atoms with van der Waals surface area (Å²) in [5, 5.41) is 6.69. The molecule has 1 heterocycles. The molecule has 0 radical (unpaired) electrons. The van der Waals surface area contributed by atoms with E-state index in [1.54, 1.807) is 24.3 Å². The van der Waals surface area contributed by atoms with Crippen LogP contribution in [0.4, 0.5) is 5.00 Å². The van der Waals surface area contributed by atoms with E-state index in [0.29, 0.717) is 32.2 Å². The molecular weight excluding hydrogens is 414 g/mol. The van der Waals surface area contributed by atoms with E-state index in [4.69, 9.17) is 11.6 Å². The molecule has 1 aromatic heterocycles. The van der Waals surface area contributed by atoms with Crippen molar-refractivity contribution >= 4 is 51.5 Å². The number of nitrogens with one attached hydrogen (secondary N) is 2. The van der Waals surface area contributed by atoms with Crippen molar-refractivity contribution in [2.24, 2.45) is 0 Å². The zero-order valence-corrected chi connectivity index (χ0v) is 17.5. The van der Waals surface area contributed by atoms with Gasteiger partial charge in [-0.1, -0.05) is 77.2 Å². The molecule has 2 N–H and O–H groups in total. The molecule has 3 aromatic rings. The van der Waals surface area contributed by atoms with Crippen LogP contribution in [0.2, 0.25) is 5.02 Å². The normalized spacial score (nSPS) is 10.5. The molecule has 0 bridgehead atoms. The number of benzene rings is 2. The Morgan fingerprint density at radius 3 is 2.54 bits per heavy atom. The number of hydrogen-bond acceptors (Lipinski definition) is 5. The highest BCUT2D eigenvalue weighted by Crippen LogP contribution is 2.38. The van der Waals surface area contributed by atoms with Crippen LogP contribution in [0.15, 0.2) is 58.9 Å². The van der Waals surface area contributed by atoms with Gasteiger partial charge in [-0.05, 0) is 19.1 Å². The molecule has 28 heavy (non-hydrogen) atoms. The lowest BCUT2D eigenvalue weighted by atomic mass is 10.1. The van der Waals surface area contributed by atoms with Crippen LogP contribution < -0.4 is 10.6 Å². The van der Waals surface area contributed by atoms with Crippen LogP contribution in [-0.4, -0.2) is 29.1 Å². The summed E-state index contributed by atoms with van der Waals surface area (Å²) in [7, 11) is 0. The predicted molar refractivity (Wildman–Crippen MR) is 116 cm³/mol. The summed E-state index contributed by atoms with van der Waals surface area (Å²) >= 11 is 8.82. The topological polar surface area (TPSA) is 71.1 Å². The van der Waals surface area contributed by atoms with Gasteiger partial charge in [-0.15, -0.1) is 0 Å². The molecule has 0 saturated heterocycles. The van der Waals surface area contributed by atoms with Gasteiger partial charge in [0.05, 0.1) is 16.3 Å². The van der Waals surface area contributed by atoms with Gasteiger partial charge in [0.15, 0.2) is 4.34 Å². The quantitative estimate of drug-likeness (QED) is 0.519. The number of nitrogens with zero attached hydrogens (tertiary/aromatic N) is 1. The summed E-state index contributed by atoms with van der Waals surface area (Å²) in [6.45, 7) is 2.47. The lowest BCUT2D eigenvalue weighted by molar-refractivity contribution is -0.118. The molecule has 0 atom stereocenters. The highest BCUT2D eigenvalue weighted by Gasteiger charge is 2.18. The second-order valence-electron chi connectivity index (χ2n) is 5.70. The van der Waals surface area contributed by atoms with Gasteiger partial charge in [0.1, 0.15) is 10.7 Å². The smallest absolute Gasteiger partial charge is 0.257 e. The maximum atomic E-state index is 12.7. The summed E-state index contributed by atoms with van der Waals surface area (Å²) in [5.74, 6) is -0.0784. The van der Waals surface area contributed by atoms with E-state index in [9.17, 15) is 9.59 Å². The Bertz CT molecular complexity index is 977. The SMILES string of the molecule is CCNC(=O)CSc1nc(-c2ccccc2)c(NC(=O)c2ccccc2Cl)s1. The molecule has 144 valence electrons. The molecule has 0 aliphatic rings. The number of halogens is 1. The van der Waals surface area contributed by atoms with E-state index in [1.807, 2.05) is 37.3 Å². The number of carbonyl (C=O) groups is 2. The molecule has 0 unspecified atom stereocenters. The van der Waals surface area contributed by atoms with Crippen molar-refractivity contribution in [1.29, 1.82) is 0 Å². The summed E-state index contributed by atoms with van der Waals surface area (Å²) in [4.78, 5) is 29.1. The zero-order valence-electron chi connectivity index (χ0n) is 15.1. The zero-order chi connectivity index (χ0) is 19.9. The minimum absolute atomic E-state index is 0.0504. The third-order valence-electron chi connectivity index (χ3n) is 3.70. The Labute approximate surface area is 176 Å². The monoisotopic (exact) mass is 431 g/mol. The van der Waals surface area contributed by atoms with E-state index in [0.717, 1.165) is 5.56 Å². The highest BCUT2D eigenvalue weighted by atomic mass is 35.5. The first kappa shape index (κ1) is 20.4. The molecular formula is C20H18ClN3O2S2. The number of thiazole rings is 1. The number of carbonyl (C=O) groups excluding carboxylic acids is 2. The molecule has 0 fully saturated rings. The van der Waals surface area contributed by atoms with Crippen molar-refractivity contribution in [1.82, 2.24) is 10.3 Å². The van der Waals surface area contributed by atoms with Crippen molar-refractivity contribution in [3.05, 3.63) is 65.2 Å². The van der Waals surface area contributed by atoms with Gasteiger partial charge >= 0.3 is 0 Å². The van der Waals surface area contributed by atoms with Gasteiger partial charge in [0.25, 0.3) is 5.91 Å². The molecule has 0 saturated carbocycles. The molecule has 5 nitrogen and oxygen atoms in total. The molecule has 3 rings (SSSR count). The lowest BCUT2D eigenvalue weighted by Gasteiger charge is -2.06. The number of aromatic nitrogens is 1. The molecule has 0 spiro atoms. The number of amides is 2. The number of thioether (sulfide) groups is 1. The Kier molecular flexibility index (Phi) is 7.08. The molecule has 2 aromatic carbocycles. The van der Waals surface area contributed by atoms with E-state index in [2.05, 4.69) is 15.6 Å². The lowest BCUT2D eigenvalue weighted by Crippen LogP contribution is -2.24. The van der Waals surface area contributed by atoms with E-state index >= 15 is 0 Å². The van der Waals surface area contributed by atoms with Crippen LogP contribution in [0, 0.1) is 0 Å². The third-order valence-corrected chi connectivity index (χ3v) is 6.14. The Hall–Kier alpha value is -2.35. The maximum Gasteiger partial charge on any atom is 0.257 e. The van der Waals surface area contributed by atoms with Crippen LogP contribution in [0.25, 0.3) is 11.3 Å². The van der Waals surface area contributed by atoms with Gasteiger partial charge in [0.2, 0.25) is 5.91 Å². The molecule has 0 aliphatic carbocycles. The second-order valence-corrected chi connectivity index (χ2v) is 8.33. The fourth-order valence-corrected chi connectivity index (χ4v) is 4.54. The van der Waals surface area contributed by atoms with E-state index in [-0.39, 0.29) is 17.6 Å². The fourth-order valence-electron chi connectivity index (χ4n) is 2.43. The molecule has 0 aliphatic heterocycles. The van der Waals surface area contributed by atoms with Crippen LogP contribution >= 0.6 is 34.7 Å². The van der Waals surface area contributed by atoms with E-state index in [1.165, 1.54) is 23.1 Å². The van der Waals surface area contributed by atoms with Gasteiger partial charge in [-0.2, -0.15) is 0 Å². The summed E-state index contributed by atoms with van der Waals surface area (Å²) in [6, 6.07) is 16.5. The van der Waals surface area contributed by atoms with Gasteiger partial charge < -0.3 is 10.6 Å². The average Bonchev–Trinajstić information content (AvgIpc) is 3.10. The van der Waals surface area contributed by atoms with Crippen molar-refractivity contribution in [3.63, 3.8) is 0 Å². The van der Waals surface area contributed by atoms with E-state index < -0.39 is 0 Å². The number of hydrogen-bond donors (Lipinski definition) is 2. The first-order valence-electron chi connectivity index (χ1n) is 8.60. The fraction of sp³-hybridized carbons (Fsp3) is 0.150. The standard InChI is InChI=1S/C20H18ClN3O2S2/c1-2-22-16(25)12-27-20-23-17(13-8-4-3-5-9-13)19(28-20)24-18(26)14-10-6-7-11-15(14)21/h3-11H,2,12H2,1H3,(H,22,25)(H,24,26). The van der Waals surface area contributed by atoms with Crippen LogP contribution in [-0.2, 0) is 4.79 Å². The minimum atomic E-state index is -0.299. The van der Waals surface area contributed by atoms with Crippen LogP contribution in [0.1, 0.15) is 17.3 Å². The van der Waals surface area contributed by atoms with Crippen molar-refractivity contribution < 1.29 is 9.59 Å². The number of rotatable bonds is 7. The third kappa shape index (κ3) is 5.13. The van der Waals surface area contributed by atoms with Crippen molar-refractivity contribution in [2.45, 2.75) is 11.3 Å².